The molecule has 6 heteroatoms. The Morgan fingerprint density at radius 1 is 1.35 bits per heavy atom. The summed E-state index contributed by atoms with van der Waals surface area (Å²) in [5, 5.41) is 12.1. The highest BCUT2D eigenvalue weighted by Crippen LogP contribution is 2.37. The van der Waals surface area contributed by atoms with Crippen LogP contribution in [0.15, 0.2) is 22.9 Å². The zero-order valence-corrected chi connectivity index (χ0v) is 10.7. The van der Waals surface area contributed by atoms with Gasteiger partial charge in [-0.05, 0) is 18.4 Å². The Kier molecular flexibility index (Phi) is 2.45. The van der Waals surface area contributed by atoms with E-state index in [9.17, 15) is 0 Å². The fourth-order valence-electron chi connectivity index (χ4n) is 1.69. The minimum Gasteiger partial charge on any atom is -0.382 e. The van der Waals surface area contributed by atoms with Crippen molar-refractivity contribution in [3.05, 3.63) is 27.9 Å². The van der Waals surface area contributed by atoms with Crippen molar-refractivity contribution in [3.63, 3.8) is 0 Å². The molecule has 3 rings (SSSR count). The number of nitrogens with two attached hydrogens (primary N) is 1. The summed E-state index contributed by atoms with van der Waals surface area (Å²) in [6.45, 7) is 1.98. The van der Waals surface area contributed by atoms with Crippen molar-refractivity contribution in [2.75, 3.05) is 5.73 Å². The third-order valence-corrected chi connectivity index (χ3v) is 4.10. The molecule has 0 aliphatic heterocycles. The second-order valence-corrected chi connectivity index (χ2v) is 5.60. The second kappa shape index (κ2) is 3.97. The number of thiophene rings is 1. The quantitative estimate of drug-likeness (QED) is 0.745. The Balaban J connectivity index is 2.19. The monoisotopic (exact) mass is 262 g/mol. The van der Waals surface area contributed by atoms with Gasteiger partial charge in [-0.1, -0.05) is 6.07 Å². The maximum absolute atomic E-state index is 5.92. The van der Waals surface area contributed by atoms with E-state index in [4.69, 9.17) is 5.73 Å². The molecule has 17 heavy (non-hydrogen) atoms. The maximum Gasteiger partial charge on any atom is 0.154 e. The van der Waals surface area contributed by atoms with Crippen LogP contribution in [0.25, 0.3) is 21.8 Å². The molecule has 0 spiro atoms. The summed E-state index contributed by atoms with van der Waals surface area (Å²) >= 11 is 3.26. The molecule has 86 valence electrons. The summed E-state index contributed by atoms with van der Waals surface area (Å²) in [5.74, 6) is 0.521. The third kappa shape index (κ3) is 1.75. The third-order valence-electron chi connectivity index (χ3n) is 2.44. The van der Waals surface area contributed by atoms with Gasteiger partial charge in [0.25, 0.3) is 0 Å². The normalized spacial score (nSPS) is 10.9. The van der Waals surface area contributed by atoms with Gasteiger partial charge in [0.05, 0.1) is 22.0 Å². The van der Waals surface area contributed by atoms with Crippen LogP contribution in [0.1, 0.15) is 5.01 Å². The average molecular weight is 262 g/mol. The number of hydrogen-bond donors (Lipinski definition) is 2. The zero-order valence-electron chi connectivity index (χ0n) is 9.10. The number of aryl methyl sites for hydroxylation is 1. The van der Waals surface area contributed by atoms with E-state index in [1.807, 2.05) is 29.8 Å². The molecule has 0 bridgehead atoms. The molecule has 0 unspecified atom stereocenters. The number of anilines is 1. The topological polar surface area (TPSA) is 67.6 Å². The van der Waals surface area contributed by atoms with Gasteiger partial charge >= 0.3 is 0 Å². The largest absolute Gasteiger partial charge is 0.382 e. The molecule has 0 amide bonds. The van der Waals surface area contributed by atoms with Crippen molar-refractivity contribution >= 4 is 28.5 Å². The summed E-state index contributed by atoms with van der Waals surface area (Å²) in [7, 11) is 0. The van der Waals surface area contributed by atoms with Crippen molar-refractivity contribution in [3.8, 4) is 21.8 Å². The molecule has 3 aromatic rings. The van der Waals surface area contributed by atoms with E-state index < -0.39 is 0 Å². The van der Waals surface area contributed by atoms with E-state index in [1.165, 1.54) is 0 Å². The number of rotatable bonds is 2. The Hall–Kier alpha value is -1.66. The Labute approximate surface area is 106 Å². The summed E-state index contributed by atoms with van der Waals surface area (Å²) < 4.78 is 0. The number of nitrogen functional groups attached to an aromatic ring is 1. The number of nitrogens with zero attached hydrogens (tertiary/aromatic N) is 2. The molecule has 0 aliphatic carbocycles. The molecule has 4 nitrogen and oxygen atoms in total. The van der Waals surface area contributed by atoms with Crippen LogP contribution in [-0.2, 0) is 0 Å². The predicted octanol–water partition coefficient (Wildman–Crippen LogP) is 3.15. The lowest BCUT2D eigenvalue weighted by Gasteiger charge is -1.98. The maximum atomic E-state index is 5.92. The molecule has 3 N–H and O–H groups in total. The Morgan fingerprint density at radius 3 is 2.88 bits per heavy atom. The van der Waals surface area contributed by atoms with Gasteiger partial charge in [-0.15, -0.1) is 22.7 Å². The van der Waals surface area contributed by atoms with Gasteiger partial charge in [-0.3, -0.25) is 5.10 Å². The minimum absolute atomic E-state index is 0.521. The number of aromatic amines is 1. The van der Waals surface area contributed by atoms with E-state index in [1.54, 1.807) is 22.7 Å². The summed E-state index contributed by atoms with van der Waals surface area (Å²) in [6, 6.07) is 4.04. The van der Waals surface area contributed by atoms with Crippen LogP contribution >= 0.6 is 22.7 Å². The van der Waals surface area contributed by atoms with Crippen molar-refractivity contribution in [2.24, 2.45) is 0 Å². The van der Waals surface area contributed by atoms with Crippen LogP contribution in [-0.4, -0.2) is 15.2 Å². The second-order valence-electron chi connectivity index (χ2n) is 3.59. The highest BCUT2D eigenvalue weighted by atomic mass is 32.1. The smallest absolute Gasteiger partial charge is 0.154 e. The van der Waals surface area contributed by atoms with Gasteiger partial charge in [-0.2, -0.15) is 5.10 Å². The van der Waals surface area contributed by atoms with E-state index in [-0.39, 0.29) is 0 Å². The summed E-state index contributed by atoms with van der Waals surface area (Å²) in [6.07, 6.45) is 0. The SMILES string of the molecule is Cc1nc(-c2[nH]nc(N)c2-c2cccs2)cs1. The first-order valence-corrected chi connectivity index (χ1v) is 6.82. The van der Waals surface area contributed by atoms with E-state index >= 15 is 0 Å². The lowest BCUT2D eigenvalue weighted by atomic mass is 10.1. The first kappa shape index (κ1) is 10.5. The first-order valence-electron chi connectivity index (χ1n) is 5.06. The average Bonchev–Trinajstić information content (AvgIpc) is 2.97. The number of aromatic nitrogens is 3. The van der Waals surface area contributed by atoms with Crippen molar-refractivity contribution in [1.29, 1.82) is 0 Å². The first-order chi connectivity index (χ1) is 8.25. The van der Waals surface area contributed by atoms with Gasteiger partial charge in [0.1, 0.15) is 0 Å². The van der Waals surface area contributed by atoms with Crippen molar-refractivity contribution in [2.45, 2.75) is 6.92 Å². The standard InChI is InChI=1S/C11H10N4S2/c1-6-13-7(5-17-6)10-9(11(12)15-14-10)8-3-2-4-16-8/h2-5H,1H3,(H3,12,14,15). The van der Waals surface area contributed by atoms with Gasteiger partial charge in [-0.25, -0.2) is 4.98 Å². The fraction of sp³-hybridized carbons (Fsp3) is 0.0909. The van der Waals surface area contributed by atoms with Gasteiger partial charge in [0.2, 0.25) is 0 Å². The summed E-state index contributed by atoms with van der Waals surface area (Å²) in [4.78, 5) is 5.57. The van der Waals surface area contributed by atoms with Crippen molar-refractivity contribution < 1.29 is 0 Å². The van der Waals surface area contributed by atoms with Crippen LogP contribution in [0.5, 0.6) is 0 Å². The molecular formula is C11H10N4S2. The molecule has 3 aromatic heterocycles. The molecule has 0 radical (unpaired) electrons. The van der Waals surface area contributed by atoms with Crippen LogP contribution in [0.4, 0.5) is 5.82 Å². The fourth-order valence-corrected chi connectivity index (χ4v) is 3.08. The lowest BCUT2D eigenvalue weighted by Crippen LogP contribution is -1.87. The van der Waals surface area contributed by atoms with Crippen LogP contribution in [0, 0.1) is 6.92 Å². The lowest BCUT2D eigenvalue weighted by molar-refractivity contribution is 1.09. The molecule has 0 aromatic carbocycles. The number of thiazole rings is 1. The zero-order chi connectivity index (χ0) is 11.8. The van der Waals surface area contributed by atoms with Crippen molar-refractivity contribution in [1.82, 2.24) is 15.2 Å². The van der Waals surface area contributed by atoms with Gasteiger partial charge in [0.15, 0.2) is 5.82 Å². The van der Waals surface area contributed by atoms with E-state index in [0.717, 1.165) is 26.8 Å². The highest BCUT2D eigenvalue weighted by molar-refractivity contribution is 7.13. The van der Waals surface area contributed by atoms with Crippen LogP contribution in [0.2, 0.25) is 0 Å². The summed E-state index contributed by atoms with van der Waals surface area (Å²) in [5.41, 5.74) is 8.67. The molecule has 0 fully saturated rings. The Bertz CT molecular complexity index is 636. The highest BCUT2D eigenvalue weighted by Gasteiger charge is 2.17. The van der Waals surface area contributed by atoms with Crippen LogP contribution in [0.3, 0.4) is 0 Å². The minimum atomic E-state index is 0.521. The number of H-pyrrole nitrogens is 1. The van der Waals surface area contributed by atoms with E-state index in [2.05, 4.69) is 15.2 Å². The van der Waals surface area contributed by atoms with E-state index in [0.29, 0.717) is 5.82 Å². The molecular weight excluding hydrogens is 252 g/mol. The number of nitrogens with one attached hydrogen (secondary N) is 1. The molecule has 0 saturated heterocycles. The number of hydrogen-bond acceptors (Lipinski definition) is 5. The Morgan fingerprint density at radius 2 is 2.24 bits per heavy atom. The predicted molar refractivity (Wildman–Crippen MR) is 72.2 cm³/mol. The molecule has 0 aliphatic rings. The van der Waals surface area contributed by atoms with Crippen LogP contribution < -0.4 is 5.73 Å². The molecule has 3 heterocycles. The molecule has 0 saturated carbocycles. The van der Waals surface area contributed by atoms with Gasteiger partial charge in [0, 0.05) is 10.3 Å². The van der Waals surface area contributed by atoms with Gasteiger partial charge < -0.3 is 5.73 Å². The molecule has 0 atom stereocenters.